The van der Waals surface area contributed by atoms with Crippen molar-refractivity contribution in [2.24, 2.45) is 5.73 Å². The number of alkyl halides is 3. The van der Waals surface area contributed by atoms with Gasteiger partial charge in [-0.3, -0.25) is 4.79 Å². The summed E-state index contributed by atoms with van der Waals surface area (Å²) in [4.78, 5) is 39.6. The Labute approximate surface area is 217 Å². The monoisotopic (exact) mass is 554 g/mol. The number of carboxylic acids is 1. The molecular formula is C24H23F5N6O4. The van der Waals surface area contributed by atoms with Crippen LogP contribution in [0.15, 0.2) is 59.3 Å². The van der Waals surface area contributed by atoms with Gasteiger partial charge < -0.3 is 15.7 Å². The molecule has 3 heterocycles. The SMILES string of the molecule is Cc1cc(-c2ccc(N3CCCC3=O)cc2)cnc1-n1cnn(CC(CN)=C(F)F)c1=O.O=C(O)C(F)(F)F. The number of pyridine rings is 1. The van der Waals surface area contributed by atoms with Crippen molar-refractivity contribution < 1.29 is 36.6 Å². The summed E-state index contributed by atoms with van der Waals surface area (Å²) in [5.74, 6) is -2.26. The van der Waals surface area contributed by atoms with E-state index in [-0.39, 0.29) is 24.6 Å². The Kier molecular flexibility index (Phi) is 8.96. The number of carboxylic acid groups (broad SMARTS) is 1. The molecule has 15 heteroatoms. The van der Waals surface area contributed by atoms with Crippen LogP contribution in [0.3, 0.4) is 0 Å². The molecule has 0 bridgehead atoms. The number of halogens is 5. The molecule has 208 valence electrons. The molecule has 0 spiro atoms. The summed E-state index contributed by atoms with van der Waals surface area (Å²) in [5, 5.41) is 11.0. The summed E-state index contributed by atoms with van der Waals surface area (Å²) in [6.45, 7) is 1.79. The normalized spacial score (nSPS) is 13.2. The van der Waals surface area contributed by atoms with Gasteiger partial charge in [-0.1, -0.05) is 12.1 Å². The zero-order valence-corrected chi connectivity index (χ0v) is 20.5. The maximum absolute atomic E-state index is 12.9. The molecule has 3 N–H and O–H groups in total. The number of hydrogen-bond acceptors (Lipinski definition) is 6. The van der Waals surface area contributed by atoms with E-state index in [1.165, 1.54) is 10.9 Å². The minimum atomic E-state index is -5.08. The van der Waals surface area contributed by atoms with Gasteiger partial charge in [-0.15, -0.1) is 0 Å². The Hall–Kier alpha value is -4.40. The van der Waals surface area contributed by atoms with Crippen molar-refractivity contribution in [3.63, 3.8) is 0 Å². The van der Waals surface area contributed by atoms with E-state index in [1.54, 1.807) is 18.0 Å². The van der Waals surface area contributed by atoms with Crippen molar-refractivity contribution >= 4 is 17.6 Å². The van der Waals surface area contributed by atoms with Gasteiger partial charge in [0.2, 0.25) is 5.91 Å². The summed E-state index contributed by atoms with van der Waals surface area (Å²) in [6, 6.07) is 9.54. The zero-order chi connectivity index (χ0) is 28.9. The molecule has 0 aliphatic carbocycles. The van der Waals surface area contributed by atoms with Crippen LogP contribution >= 0.6 is 0 Å². The number of aromatic nitrogens is 4. The van der Waals surface area contributed by atoms with Gasteiger partial charge in [0, 0.05) is 42.5 Å². The van der Waals surface area contributed by atoms with Crippen LogP contribution in [0.2, 0.25) is 0 Å². The topological polar surface area (TPSA) is 136 Å². The third-order valence-corrected chi connectivity index (χ3v) is 5.69. The average molecular weight is 554 g/mol. The van der Waals surface area contributed by atoms with Crippen LogP contribution in [0.1, 0.15) is 18.4 Å². The molecule has 1 amide bonds. The van der Waals surface area contributed by atoms with Crippen LogP contribution in [0.4, 0.5) is 27.6 Å². The first-order chi connectivity index (χ1) is 18.3. The van der Waals surface area contributed by atoms with Crippen molar-refractivity contribution in [3.05, 3.63) is 70.6 Å². The van der Waals surface area contributed by atoms with Crippen molar-refractivity contribution in [3.8, 4) is 16.9 Å². The Morgan fingerprint density at radius 2 is 1.77 bits per heavy atom. The van der Waals surface area contributed by atoms with Crippen molar-refractivity contribution in [2.45, 2.75) is 32.5 Å². The molecule has 3 aromatic rings. The van der Waals surface area contributed by atoms with Crippen LogP contribution < -0.4 is 16.3 Å². The lowest BCUT2D eigenvalue weighted by molar-refractivity contribution is -0.192. The maximum atomic E-state index is 12.9. The number of nitrogens with zero attached hydrogens (tertiary/aromatic N) is 5. The highest BCUT2D eigenvalue weighted by molar-refractivity contribution is 5.95. The first-order valence-corrected chi connectivity index (χ1v) is 11.4. The van der Waals surface area contributed by atoms with Gasteiger partial charge in [0.05, 0.1) is 6.54 Å². The summed E-state index contributed by atoms with van der Waals surface area (Å²) in [7, 11) is 0. The van der Waals surface area contributed by atoms with E-state index in [9.17, 15) is 31.5 Å². The summed E-state index contributed by atoms with van der Waals surface area (Å²) in [6.07, 6.45) is -2.66. The Balaban J connectivity index is 0.000000532. The lowest BCUT2D eigenvalue weighted by Crippen LogP contribution is -2.27. The fourth-order valence-electron chi connectivity index (χ4n) is 3.71. The highest BCUT2D eigenvalue weighted by atomic mass is 19.4. The molecule has 1 aliphatic heterocycles. The minimum absolute atomic E-state index is 0.133. The van der Waals surface area contributed by atoms with Crippen molar-refractivity contribution in [1.29, 1.82) is 0 Å². The molecule has 0 radical (unpaired) electrons. The third-order valence-electron chi connectivity index (χ3n) is 5.69. The Bertz CT molecular complexity index is 1440. The first kappa shape index (κ1) is 29.2. The fourth-order valence-corrected chi connectivity index (χ4v) is 3.71. The van der Waals surface area contributed by atoms with E-state index in [0.29, 0.717) is 17.8 Å². The average Bonchev–Trinajstić information content (AvgIpc) is 3.47. The van der Waals surface area contributed by atoms with Gasteiger partial charge in [0.1, 0.15) is 12.1 Å². The molecule has 2 aromatic heterocycles. The number of aryl methyl sites for hydroxylation is 1. The van der Waals surface area contributed by atoms with Crippen molar-refractivity contribution in [2.75, 3.05) is 18.0 Å². The molecule has 1 aromatic carbocycles. The number of benzene rings is 1. The van der Waals surface area contributed by atoms with Crippen LogP contribution in [-0.4, -0.2) is 55.6 Å². The quantitative estimate of drug-likeness (QED) is 0.447. The number of nitrogens with two attached hydrogens (primary N) is 1. The van der Waals surface area contributed by atoms with Gasteiger partial charge in [0.25, 0.3) is 6.08 Å². The Morgan fingerprint density at radius 1 is 1.13 bits per heavy atom. The summed E-state index contributed by atoms with van der Waals surface area (Å²) in [5.41, 5.74) is 7.73. The third kappa shape index (κ3) is 6.93. The Morgan fingerprint density at radius 3 is 2.26 bits per heavy atom. The van der Waals surface area contributed by atoms with Gasteiger partial charge >= 0.3 is 17.8 Å². The largest absolute Gasteiger partial charge is 0.490 e. The van der Waals surface area contributed by atoms with Crippen LogP contribution in [-0.2, 0) is 16.1 Å². The number of carbonyl (C=O) groups excluding carboxylic acids is 1. The number of aliphatic carboxylic acids is 1. The molecular weight excluding hydrogens is 531 g/mol. The highest BCUT2D eigenvalue weighted by Gasteiger charge is 2.38. The highest BCUT2D eigenvalue weighted by Crippen LogP contribution is 2.27. The lowest BCUT2D eigenvalue weighted by Gasteiger charge is -2.16. The number of rotatable bonds is 6. The second-order valence-electron chi connectivity index (χ2n) is 8.37. The first-order valence-electron chi connectivity index (χ1n) is 11.4. The standard InChI is InChI=1S/C22H22F2N6O2.C2HF3O2/c1-14-9-16(15-4-6-18(7-5-15)28-8-2-3-19(28)31)11-26-21(14)29-13-27-30(22(29)32)12-17(10-25)20(23)24;3-2(4,5)1(6)7/h4-7,9,11,13H,2-3,8,10,12,25H2,1H3;(H,6,7). The van der Waals surface area contributed by atoms with E-state index in [1.807, 2.05) is 30.3 Å². The molecule has 10 nitrogen and oxygen atoms in total. The molecule has 4 rings (SSSR count). The fraction of sp³-hybridized carbons (Fsp3) is 0.292. The van der Waals surface area contributed by atoms with E-state index < -0.39 is 23.9 Å². The maximum Gasteiger partial charge on any atom is 0.490 e. The number of anilines is 1. The van der Waals surface area contributed by atoms with E-state index >= 15 is 0 Å². The molecule has 0 atom stereocenters. The van der Waals surface area contributed by atoms with Gasteiger partial charge in [0.15, 0.2) is 0 Å². The summed E-state index contributed by atoms with van der Waals surface area (Å²) >= 11 is 0. The molecule has 1 aliphatic rings. The van der Waals surface area contributed by atoms with Gasteiger partial charge in [-0.05, 0) is 42.7 Å². The van der Waals surface area contributed by atoms with E-state index in [2.05, 4.69) is 10.1 Å². The number of carbonyl (C=O) groups is 2. The molecule has 0 saturated carbocycles. The molecule has 1 saturated heterocycles. The smallest absolute Gasteiger partial charge is 0.475 e. The van der Waals surface area contributed by atoms with Gasteiger partial charge in [-0.25, -0.2) is 23.8 Å². The van der Waals surface area contributed by atoms with Crippen molar-refractivity contribution in [1.82, 2.24) is 19.3 Å². The number of amides is 1. The number of hydrogen-bond donors (Lipinski definition) is 2. The predicted octanol–water partition coefficient (Wildman–Crippen LogP) is 3.27. The minimum Gasteiger partial charge on any atom is -0.475 e. The molecule has 0 unspecified atom stereocenters. The van der Waals surface area contributed by atoms with Crippen LogP contribution in [0.25, 0.3) is 16.9 Å². The van der Waals surface area contributed by atoms with E-state index in [0.717, 1.165) is 34.5 Å². The van der Waals surface area contributed by atoms with Crippen LogP contribution in [0, 0.1) is 6.92 Å². The lowest BCUT2D eigenvalue weighted by atomic mass is 10.1. The van der Waals surface area contributed by atoms with Gasteiger partial charge in [-0.2, -0.15) is 27.1 Å². The molecule has 1 fully saturated rings. The second kappa shape index (κ2) is 12.0. The van der Waals surface area contributed by atoms with E-state index in [4.69, 9.17) is 15.6 Å². The predicted molar refractivity (Wildman–Crippen MR) is 129 cm³/mol. The summed E-state index contributed by atoms with van der Waals surface area (Å²) < 4.78 is 59.6. The zero-order valence-electron chi connectivity index (χ0n) is 20.5. The van der Waals surface area contributed by atoms with Crippen LogP contribution in [0.5, 0.6) is 0 Å². The second-order valence-corrected chi connectivity index (χ2v) is 8.37. The molecule has 39 heavy (non-hydrogen) atoms.